The van der Waals surface area contributed by atoms with Gasteiger partial charge >= 0.3 is 0 Å². The third-order valence-electron chi connectivity index (χ3n) is 2.11. The number of likely N-dealkylation sites (N-methyl/N-ethyl adjacent to an activating group) is 1. The van der Waals surface area contributed by atoms with Crippen LogP contribution < -0.4 is 15.4 Å². The Morgan fingerprint density at radius 3 is 3.00 bits per heavy atom. The molecule has 0 spiro atoms. The summed E-state index contributed by atoms with van der Waals surface area (Å²) >= 11 is 0. The minimum Gasteiger partial charge on any atom is -0.481 e. The van der Waals surface area contributed by atoms with Gasteiger partial charge in [0.05, 0.1) is 0 Å². The Hall–Kier alpha value is -1.78. The van der Waals surface area contributed by atoms with Crippen molar-refractivity contribution in [2.24, 2.45) is 0 Å². The van der Waals surface area contributed by atoms with Crippen molar-refractivity contribution in [3.63, 3.8) is 0 Å². The Bertz CT molecular complexity index is 406. The SMILES string of the molecule is CN1C(=O)COc2cc(N)cc(F)c21. The highest BCUT2D eigenvalue weighted by Gasteiger charge is 2.25. The summed E-state index contributed by atoms with van der Waals surface area (Å²) in [5.74, 6) is -0.513. The van der Waals surface area contributed by atoms with Gasteiger partial charge in [-0.3, -0.25) is 4.79 Å². The predicted molar refractivity (Wildman–Crippen MR) is 49.7 cm³/mol. The van der Waals surface area contributed by atoms with E-state index < -0.39 is 5.82 Å². The number of anilines is 2. The van der Waals surface area contributed by atoms with E-state index in [1.54, 1.807) is 0 Å². The fourth-order valence-corrected chi connectivity index (χ4v) is 1.39. The van der Waals surface area contributed by atoms with E-state index in [-0.39, 0.29) is 23.9 Å². The molecular weight excluding hydrogens is 187 g/mol. The van der Waals surface area contributed by atoms with Gasteiger partial charge in [0.1, 0.15) is 11.4 Å². The van der Waals surface area contributed by atoms with Crippen LogP contribution in [-0.4, -0.2) is 19.6 Å². The molecule has 0 bridgehead atoms. The summed E-state index contributed by atoms with van der Waals surface area (Å²) in [6.07, 6.45) is 0. The van der Waals surface area contributed by atoms with Gasteiger partial charge in [0.25, 0.3) is 5.91 Å². The number of halogens is 1. The van der Waals surface area contributed by atoms with Crippen molar-refractivity contribution < 1.29 is 13.9 Å². The Morgan fingerprint density at radius 1 is 1.57 bits per heavy atom. The van der Waals surface area contributed by atoms with Crippen LogP contribution in [0.15, 0.2) is 12.1 Å². The van der Waals surface area contributed by atoms with E-state index in [2.05, 4.69) is 0 Å². The first-order valence-electron chi connectivity index (χ1n) is 4.08. The lowest BCUT2D eigenvalue weighted by Crippen LogP contribution is -2.36. The Kier molecular flexibility index (Phi) is 1.80. The first kappa shape index (κ1) is 8.80. The average molecular weight is 196 g/mol. The lowest BCUT2D eigenvalue weighted by molar-refractivity contribution is -0.121. The monoisotopic (exact) mass is 196 g/mol. The molecule has 4 nitrogen and oxygen atoms in total. The molecule has 0 fully saturated rings. The van der Waals surface area contributed by atoms with Crippen molar-refractivity contribution in [2.75, 3.05) is 24.3 Å². The van der Waals surface area contributed by atoms with Crippen LogP contribution in [0.25, 0.3) is 0 Å². The zero-order valence-electron chi connectivity index (χ0n) is 7.58. The molecule has 2 rings (SSSR count). The number of fused-ring (bicyclic) bond motifs is 1. The lowest BCUT2D eigenvalue weighted by Gasteiger charge is -2.26. The van der Waals surface area contributed by atoms with E-state index in [0.717, 1.165) is 6.07 Å². The van der Waals surface area contributed by atoms with Crippen LogP contribution in [0.2, 0.25) is 0 Å². The van der Waals surface area contributed by atoms with Gasteiger partial charge < -0.3 is 15.4 Å². The molecule has 1 heterocycles. The number of rotatable bonds is 0. The molecule has 1 aliphatic heterocycles. The van der Waals surface area contributed by atoms with Gasteiger partial charge in [-0.1, -0.05) is 0 Å². The number of hydrogen-bond acceptors (Lipinski definition) is 3. The Labute approximate surface area is 80.1 Å². The second kappa shape index (κ2) is 2.87. The molecule has 0 unspecified atom stereocenters. The average Bonchev–Trinajstić information content (AvgIpc) is 2.10. The number of ether oxygens (including phenoxy) is 1. The summed E-state index contributed by atoms with van der Waals surface area (Å²) in [5.41, 5.74) is 5.87. The summed E-state index contributed by atoms with van der Waals surface area (Å²) < 4.78 is 18.5. The Morgan fingerprint density at radius 2 is 2.29 bits per heavy atom. The quantitative estimate of drug-likeness (QED) is 0.623. The maximum atomic E-state index is 13.4. The smallest absolute Gasteiger partial charge is 0.264 e. The summed E-state index contributed by atoms with van der Waals surface area (Å²) in [7, 11) is 1.50. The van der Waals surface area contributed by atoms with E-state index in [4.69, 9.17) is 10.5 Å². The maximum absolute atomic E-state index is 13.4. The van der Waals surface area contributed by atoms with Gasteiger partial charge in [0.2, 0.25) is 0 Å². The number of nitrogen functional groups attached to an aromatic ring is 1. The van der Waals surface area contributed by atoms with E-state index in [1.165, 1.54) is 18.0 Å². The van der Waals surface area contributed by atoms with Crippen LogP contribution in [0.1, 0.15) is 0 Å². The molecule has 1 aromatic rings. The van der Waals surface area contributed by atoms with Crippen molar-refractivity contribution >= 4 is 17.3 Å². The van der Waals surface area contributed by atoms with Crippen molar-refractivity contribution in [1.82, 2.24) is 0 Å². The maximum Gasteiger partial charge on any atom is 0.264 e. The molecule has 1 aromatic carbocycles. The van der Waals surface area contributed by atoms with Crippen molar-refractivity contribution in [2.45, 2.75) is 0 Å². The van der Waals surface area contributed by atoms with Crippen LogP contribution in [-0.2, 0) is 4.79 Å². The van der Waals surface area contributed by atoms with Gasteiger partial charge in [-0.05, 0) is 6.07 Å². The van der Waals surface area contributed by atoms with Crippen LogP contribution in [0.3, 0.4) is 0 Å². The number of amides is 1. The normalized spacial score (nSPS) is 15.0. The standard InChI is InChI=1S/C9H9FN2O2/c1-12-8(13)4-14-7-3-5(11)2-6(10)9(7)12/h2-3H,4,11H2,1H3. The molecule has 14 heavy (non-hydrogen) atoms. The molecule has 0 aromatic heterocycles. The van der Waals surface area contributed by atoms with Crippen molar-refractivity contribution in [1.29, 1.82) is 0 Å². The molecule has 1 aliphatic rings. The highest BCUT2D eigenvalue weighted by atomic mass is 19.1. The Balaban J connectivity index is 2.60. The first-order valence-corrected chi connectivity index (χ1v) is 4.08. The van der Waals surface area contributed by atoms with Crippen molar-refractivity contribution in [3.05, 3.63) is 17.9 Å². The lowest BCUT2D eigenvalue weighted by atomic mass is 10.2. The van der Waals surface area contributed by atoms with Crippen LogP contribution in [0.4, 0.5) is 15.8 Å². The van der Waals surface area contributed by atoms with Crippen molar-refractivity contribution in [3.8, 4) is 5.75 Å². The van der Waals surface area contributed by atoms with E-state index in [0.29, 0.717) is 5.75 Å². The van der Waals surface area contributed by atoms with Gasteiger partial charge in [0.15, 0.2) is 12.4 Å². The van der Waals surface area contributed by atoms with Crippen LogP contribution in [0, 0.1) is 5.82 Å². The number of carbonyl (C=O) groups is 1. The van der Waals surface area contributed by atoms with Crippen LogP contribution in [0.5, 0.6) is 5.75 Å². The zero-order valence-corrected chi connectivity index (χ0v) is 7.58. The summed E-state index contributed by atoms with van der Waals surface area (Å²) in [6.45, 7) is -0.0770. The van der Waals surface area contributed by atoms with Gasteiger partial charge in [-0.2, -0.15) is 0 Å². The van der Waals surface area contributed by atoms with Crippen LogP contribution >= 0.6 is 0 Å². The molecular formula is C9H9FN2O2. The third kappa shape index (κ3) is 1.17. The fraction of sp³-hybridized carbons (Fsp3) is 0.222. The highest BCUT2D eigenvalue weighted by molar-refractivity contribution is 5.97. The zero-order chi connectivity index (χ0) is 10.3. The molecule has 74 valence electrons. The largest absolute Gasteiger partial charge is 0.481 e. The van der Waals surface area contributed by atoms with Gasteiger partial charge in [-0.25, -0.2) is 4.39 Å². The van der Waals surface area contributed by atoms with Gasteiger partial charge in [-0.15, -0.1) is 0 Å². The molecule has 0 aliphatic carbocycles. The third-order valence-corrected chi connectivity index (χ3v) is 2.11. The van der Waals surface area contributed by atoms with E-state index >= 15 is 0 Å². The number of nitrogens with two attached hydrogens (primary N) is 1. The fourth-order valence-electron chi connectivity index (χ4n) is 1.39. The summed E-state index contributed by atoms with van der Waals surface area (Å²) in [5, 5.41) is 0. The van der Waals surface area contributed by atoms with E-state index in [9.17, 15) is 9.18 Å². The highest BCUT2D eigenvalue weighted by Crippen LogP contribution is 2.35. The first-order chi connectivity index (χ1) is 6.59. The number of hydrogen-bond donors (Lipinski definition) is 1. The second-order valence-electron chi connectivity index (χ2n) is 3.09. The van der Waals surface area contributed by atoms with E-state index in [1.807, 2.05) is 0 Å². The molecule has 0 saturated carbocycles. The molecule has 1 amide bonds. The molecule has 5 heteroatoms. The predicted octanol–water partition coefficient (Wildman–Crippen LogP) is 0.763. The summed E-state index contributed by atoms with van der Waals surface area (Å²) in [4.78, 5) is 12.4. The molecule has 0 saturated heterocycles. The van der Waals surface area contributed by atoms with Gasteiger partial charge in [0, 0.05) is 18.8 Å². The molecule has 0 atom stereocenters. The topological polar surface area (TPSA) is 55.6 Å². The second-order valence-corrected chi connectivity index (χ2v) is 3.09. The number of nitrogens with zero attached hydrogens (tertiary/aromatic N) is 1. The minimum atomic E-state index is -0.546. The molecule has 2 N–H and O–H groups in total. The molecule has 0 radical (unpaired) electrons. The summed E-state index contributed by atoms with van der Waals surface area (Å²) in [6, 6.07) is 2.67. The number of benzene rings is 1. The minimum absolute atomic E-state index is 0.0770. The number of carbonyl (C=O) groups excluding carboxylic acids is 1.